The first kappa shape index (κ1) is 18.1. The van der Waals surface area contributed by atoms with Crippen molar-refractivity contribution in [3.05, 3.63) is 23.0 Å². The van der Waals surface area contributed by atoms with E-state index in [1.807, 2.05) is 13.0 Å². The Morgan fingerprint density at radius 2 is 2.08 bits per heavy atom. The van der Waals surface area contributed by atoms with E-state index in [0.29, 0.717) is 17.3 Å². The number of halogens is 1. The molecular weight excluding hydrogens is 340 g/mol. The molecule has 2 bridgehead atoms. The van der Waals surface area contributed by atoms with Crippen LogP contribution >= 0.6 is 12.4 Å². The van der Waals surface area contributed by atoms with Crippen LogP contribution in [0.25, 0.3) is 11.1 Å². The Morgan fingerprint density at radius 3 is 2.84 bits per heavy atom. The minimum absolute atomic E-state index is 0. The second-order valence-electron chi connectivity index (χ2n) is 7.29. The van der Waals surface area contributed by atoms with Gasteiger partial charge in [-0.05, 0) is 44.7 Å². The van der Waals surface area contributed by atoms with Crippen molar-refractivity contribution in [2.75, 3.05) is 13.1 Å². The van der Waals surface area contributed by atoms with Crippen molar-refractivity contribution < 1.29 is 9.32 Å². The van der Waals surface area contributed by atoms with Crippen molar-refractivity contribution in [3.8, 4) is 0 Å². The van der Waals surface area contributed by atoms with Gasteiger partial charge >= 0.3 is 0 Å². The smallest absolute Gasteiger partial charge is 0.259 e. The summed E-state index contributed by atoms with van der Waals surface area (Å²) >= 11 is 0. The van der Waals surface area contributed by atoms with E-state index in [0.717, 1.165) is 49.1 Å². The van der Waals surface area contributed by atoms with Gasteiger partial charge in [0.25, 0.3) is 11.6 Å². The molecule has 4 rings (SSSR count). The van der Waals surface area contributed by atoms with E-state index in [-0.39, 0.29) is 30.3 Å². The van der Waals surface area contributed by atoms with Gasteiger partial charge in [0.1, 0.15) is 0 Å². The molecular formula is C18H25ClN4O2. The summed E-state index contributed by atoms with van der Waals surface area (Å²) in [4.78, 5) is 20.1. The van der Waals surface area contributed by atoms with Gasteiger partial charge in [-0.3, -0.25) is 4.79 Å². The summed E-state index contributed by atoms with van der Waals surface area (Å²) in [6.07, 6.45) is 3.21. The molecule has 1 amide bonds. The van der Waals surface area contributed by atoms with Crippen LogP contribution in [0.1, 0.15) is 60.8 Å². The van der Waals surface area contributed by atoms with Gasteiger partial charge in [0.2, 0.25) is 0 Å². The Hall–Kier alpha value is -1.66. The number of pyridine rings is 1. The zero-order valence-electron chi connectivity index (χ0n) is 14.9. The van der Waals surface area contributed by atoms with Gasteiger partial charge in [0, 0.05) is 24.3 Å². The van der Waals surface area contributed by atoms with E-state index in [9.17, 15) is 4.79 Å². The molecule has 2 aliphatic heterocycles. The Bertz CT molecular complexity index is 775. The number of carbonyl (C=O) groups excluding carboxylic acids is 1. The normalized spacial score (nSPS) is 23.0. The Balaban J connectivity index is 0.00000182. The van der Waals surface area contributed by atoms with Crippen molar-refractivity contribution in [3.63, 3.8) is 0 Å². The lowest BCUT2D eigenvalue weighted by Gasteiger charge is -2.28. The zero-order chi connectivity index (χ0) is 16.8. The summed E-state index contributed by atoms with van der Waals surface area (Å²) < 4.78 is 5.37. The van der Waals surface area contributed by atoms with Crippen molar-refractivity contribution in [1.29, 1.82) is 0 Å². The average molecular weight is 365 g/mol. The summed E-state index contributed by atoms with van der Waals surface area (Å²) in [5, 5.41) is 8.25. The number of amides is 1. The lowest BCUT2D eigenvalue weighted by Crippen LogP contribution is -2.42. The van der Waals surface area contributed by atoms with Crippen LogP contribution in [0.3, 0.4) is 0 Å². The zero-order valence-corrected chi connectivity index (χ0v) is 15.7. The highest BCUT2D eigenvalue weighted by Crippen LogP contribution is 2.32. The predicted octanol–water partition coefficient (Wildman–Crippen LogP) is 3.04. The minimum atomic E-state index is 0. The first-order valence-corrected chi connectivity index (χ1v) is 8.86. The van der Waals surface area contributed by atoms with Gasteiger partial charge in [-0.25, -0.2) is 4.98 Å². The fraction of sp³-hybridized carbons (Fsp3) is 0.611. The van der Waals surface area contributed by atoms with Crippen LogP contribution in [0.4, 0.5) is 0 Å². The highest BCUT2D eigenvalue weighted by atomic mass is 35.5. The molecule has 0 radical (unpaired) electrons. The highest BCUT2D eigenvalue weighted by molar-refractivity contribution is 6.06. The minimum Gasteiger partial charge on any atom is -0.336 e. The number of nitrogens with one attached hydrogen (secondary N) is 1. The number of aromatic nitrogens is 2. The van der Waals surface area contributed by atoms with Crippen LogP contribution in [-0.2, 0) is 0 Å². The summed E-state index contributed by atoms with van der Waals surface area (Å²) in [6.45, 7) is 7.89. The second-order valence-corrected chi connectivity index (χ2v) is 7.29. The molecule has 4 heterocycles. The molecule has 2 atom stereocenters. The summed E-state index contributed by atoms with van der Waals surface area (Å²) in [5.41, 5.74) is 2.78. The Morgan fingerprint density at radius 1 is 1.32 bits per heavy atom. The van der Waals surface area contributed by atoms with Crippen molar-refractivity contribution in [2.24, 2.45) is 0 Å². The first-order chi connectivity index (χ1) is 11.6. The van der Waals surface area contributed by atoms with Crippen LogP contribution in [0.15, 0.2) is 10.6 Å². The third kappa shape index (κ3) is 3.02. The monoisotopic (exact) mass is 364 g/mol. The van der Waals surface area contributed by atoms with E-state index in [4.69, 9.17) is 4.52 Å². The number of rotatable bonds is 2. The van der Waals surface area contributed by atoms with Gasteiger partial charge in [-0.1, -0.05) is 19.0 Å². The Kier molecular flexibility index (Phi) is 5.02. The van der Waals surface area contributed by atoms with Gasteiger partial charge in [0.15, 0.2) is 0 Å². The van der Waals surface area contributed by atoms with Gasteiger partial charge in [-0.15, -0.1) is 12.4 Å². The number of nitrogens with zero attached hydrogens (tertiary/aromatic N) is 3. The number of hydrogen-bond acceptors (Lipinski definition) is 5. The third-order valence-electron chi connectivity index (χ3n) is 5.35. The predicted molar refractivity (Wildman–Crippen MR) is 98.3 cm³/mol. The molecule has 0 saturated carbocycles. The van der Waals surface area contributed by atoms with E-state index in [1.165, 1.54) is 0 Å². The van der Waals surface area contributed by atoms with Gasteiger partial charge in [-0.2, -0.15) is 0 Å². The van der Waals surface area contributed by atoms with Crippen molar-refractivity contribution >= 4 is 29.4 Å². The fourth-order valence-corrected chi connectivity index (χ4v) is 4.03. The number of fused-ring (bicyclic) bond motifs is 3. The standard InChI is InChI=1S/C18H24N4O2.ClH/c1-10(2)15-8-14(16-11(3)21-24-17(16)20-15)18(23)22-12-4-5-13(22)9-19-7-6-12;/h8,10,12-13,19H,4-7,9H2,1-3H3;1H. The summed E-state index contributed by atoms with van der Waals surface area (Å²) in [5.74, 6) is 0.334. The lowest BCUT2D eigenvalue weighted by atomic mass is 10.0. The van der Waals surface area contributed by atoms with Gasteiger partial charge in [0.05, 0.1) is 16.6 Å². The summed E-state index contributed by atoms with van der Waals surface area (Å²) in [7, 11) is 0. The van der Waals surface area contributed by atoms with Crippen LogP contribution in [0.2, 0.25) is 0 Å². The first-order valence-electron chi connectivity index (χ1n) is 8.86. The maximum Gasteiger partial charge on any atom is 0.259 e. The molecule has 2 aliphatic rings. The van der Waals surface area contributed by atoms with E-state index >= 15 is 0 Å². The molecule has 0 aliphatic carbocycles. The molecule has 25 heavy (non-hydrogen) atoms. The van der Waals surface area contributed by atoms with Crippen LogP contribution in [0, 0.1) is 6.92 Å². The third-order valence-corrected chi connectivity index (χ3v) is 5.35. The maximum absolute atomic E-state index is 13.5. The molecule has 1 N–H and O–H groups in total. The Labute approximate surface area is 153 Å². The number of hydrogen-bond donors (Lipinski definition) is 1. The molecule has 7 heteroatoms. The highest BCUT2D eigenvalue weighted by Gasteiger charge is 2.39. The molecule has 2 unspecified atom stereocenters. The SMILES string of the molecule is Cc1noc2nc(C(C)C)cc(C(=O)N3C4CCNCC3CC4)c12.Cl. The largest absolute Gasteiger partial charge is 0.336 e. The van der Waals surface area contributed by atoms with Crippen LogP contribution in [-0.4, -0.2) is 46.1 Å². The van der Waals surface area contributed by atoms with Crippen molar-refractivity contribution in [2.45, 2.75) is 58.0 Å². The molecule has 0 spiro atoms. The molecule has 2 saturated heterocycles. The second kappa shape index (κ2) is 6.92. The van der Waals surface area contributed by atoms with E-state index in [2.05, 4.69) is 34.2 Å². The molecule has 0 aromatic carbocycles. The lowest BCUT2D eigenvalue weighted by molar-refractivity contribution is 0.0682. The van der Waals surface area contributed by atoms with E-state index < -0.39 is 0 Å². The molecule has 2 fully saturated rings. The van der Waals surface area contributed by atoms with Crippen molar-refractivity contribution in [1.82, 2.24) is 20.4 Å². The van der Waals surface area contributed by atoms with Crippen LogP contribution in [0.5, 0.6) is 0 Å². The average Bonchev–Trinajstić information content (AvgIpc) is 3.05. The van der Waals surface area contributed by atoms with Crippen LogP contribution < -0.4 is 5.32 Å². The quantitative estimate of drug-likeness (QED) is 0.886. The molecule has 2 aromatic heterocycles. The topological polar surface area (TPSA) is 71.3 Å². The molecule has 6 nitrogen and oxygen atoms in total. The fourth-order valence-electron chi connectivity index (χ4n) is 4.03. The summed E-state index contributed by atoms with van der Waals surface area (Å²) in [6, 6.07) is 2.57. The van der Waals surface area contributed by atoms with E-state index in [1.54, 1.807) is 0 Å². The number of aryl methyl sites for hydroxylation is 1. The molecule has 136 valence electrons. The molecule has 2 aromatic rings. The number of carbonyl (C=O) groups is 1. The van der Waals surface area contributed by atoms with Gasteiger partial charge < -0.3 is 14.7 Å². The maximum atomic E-state index is 13.5.